The van der Waals surface area contributed by atoms with Crippen LogP contribution in [0.1, 0.15) is 10.4 Å². The van der Waals surface area contributed by atoms with E-state index in [4.69, 9.17) is 16.3 Å². The van der Waals surface area contributed by atoms with Crippen LogP contribution in [0.4, 0.5) is 10.1 Å². The van der Waals surface area contributed by atoms with E-state index in [9.17, 15) is 4.79 Å². The summed E-state index contributed by atoms with van der Waals surface area (Å²) in [5.41, 5.74) is 1.82. The first kappa shape index (κ1) is 17.6. The SMILES string of the molecule is O=C1c2c(Cl)ncnc2OCCN1c1cc2ccn(-c3ccccc3)c2cc1F. The fraction of sp³-hybridized carbons (Fsp3) is 0.0952. The highest BCUT2D eigenvalue weighted by molar-refractivity contribution is 6.33. The molecule has 0 unspecified atom stereocenters. The summed E-state index contributed by atoms with van der Waals surface area (Å²) in [5.74, 6) is -0.906. The van der Waals surface area contributed by atoms with E-state index in [1.165, 1.54) is 17.3 Å². The van der Waals surface area contributed by atoms with Gasteiger partial charge >= 0.3 is 0 Å². The maximum Gasteiger partial charge on any atom is 0.267 e. The maximum atomic E-state index is 15.1. The minimum atomic E-state index is -0.516. The summed E-state index contributed by atoms with van der Waals surface area (Å²) in [6.07, 6.45) is 3.10. The Kier molecular flexibility index (Phi) is 4.17. The lowest BCUT2D eigenvalue weighted by atomic mass is 10.1. The highest BCUT2D eigenvalue weighted by atomic mass is 35.5. The molecule has 0 N–H and O–H groups in total. The van der Waals surface area contributed by atoms with Crippen molar-refractivity contribution in [2.75, 3.05) is 18.1 Å². The van der Waals surface area contributed by atoms with Crippen LogP contribution in [-0.4, -0.2) is 33.6 Å². The van der Waals surface area contributed by atoms with Crippen molar-refractivity contribution in [1.82, 2.24) is 14.5 Å². The Balaban J connectivity index is 1.61. The van der Waals surface area contributed by atoms with Gasteiger partial charge in [-0.3, -0.25) is 4.79 Å². The summed E-state index contributed by atoms with van der Waals surface area (Å²) in [5, 5.41) is 0.780. The molecule has 144 valence electrons. The normalized spacial score (nSPS) is 13.9. The Morgan fingerprint density at radius 2 is 1.93 bits per heavy atom. The first-order valence-corrected chi connectivity index (χ1v) is 9.32. The summed E-state index contributed by atoms with van der Waals surface area (Å²) in [6, 6.07) is 14.6. The van der Waals surface area contributed by atoms with Gasteiger partial charge in [-0.25, -0.2) is 14.4 Å². The molecule has 0 saturated heterocycles. The number of rotatable bonds is 2. The first-order valence-electron chi connectivity index (χ1n) is 8.94. The number of para-hydroxylation sites is 1. The highest BCUT2D eigenvalue weighted by Gasteiger charge is 2.30. The number of aromatic nitrogens is 3. The monoisotopic (exact) mass is 408 g/mol. The highest BCUT2D eigenvalue weighted by Crippen LogP contribution is 2.33. The number of ether oxygens (including phenoxy) is 1. The van der Waals surface area contributed by atoms with Crippen LogP contribution < -0.4 is 9.64 Å². The third-order valence-electron chi connectivity index (χ3n) is 4.86. The van der Waals surface area contributed by atoms with E-state index in [-0.39, 0.29) is 35.4 Å². The van der Waals surface area contributed by atoms with E-state index in [0.717, 1.165) is 11.1 Å². The molecule has 0 spiro atoms. The molecule has 0 radical (unpaired) electrons. The summed E-state index contributed by atoms with van der Waals surface area (Å²) < 4.78 is 22.6. The Morgan fingerprint density at radius 3 is 2.76 bits per heavy atom. The number of carbonyl (C=O) groups excluding carboxylic acids is 1. The lowest BCUT2D eigenvalue weighted by molar-refractivity contribution is 0.0988. The lowest BCUT2D eigenvalue weighted by Gasteiger charge is -2.21. The standard InChI is InChI=1S/C21H14ClFN4O2/c22-19-18-20(25-12-24-19)29-9-8-27(21(18)28)17-10-13-6-7-26(16(13)11-15(17)23)14-4-2-1-3-5-14/h1-7,10-12H,8-9H2. The zero-order valence-corrected chi connectivity index (χ0v) is 15.8. The number of hydrogen-bond donors (Lipinski definition) is 0. The predicted octanol–water partition coefficient (Wildman–Crippen LogP) is 4.25. The van der Waals surface area contributed by atoms with Crippen molar-refractivity contribution in [3.8, 4) is 11.6 Å². The number of carbonyl (C=O) groups is 1. The number of hydrogen-bond acceptors (Lipinski definition) is 4. The Labute approximate surface area is 170 Å². The molecule has 2 aromatic heterocycles. The predicted molar refractivity (Wildman–Crippen MR) is 107 cm³/mol. The number of fused-ring (bicyclic) bond motifs is 2. The quantitative estimate of drug-likeness (QED) is 0.465. The van der Waals surface area contributed by atoms with Gasteiger partial charge in [-0.05, 0) is 24.3 Å². The number of halogens is 2. The van der Waals surface area contributed by atoms with Crippen molar-refractivity contribution in [2.45, 2.75) is 0 Å². The van der Waals surface area contributed by atoms with Gasteiger partial charge in [0.2, 0.25) is 5.88 Å². The van der Waals surface area contributed by atoms with Crippen molar-refractivity contribution in [3.05, 3.63) is 77.6 Å². The average molecular weight is 409 g/mol. The number of anilines is 1. The summed E-state index contributed by atoms with van der Waals surface area (Å²) in [4.78, 5) is 22.2. The van der Waals surface area contributed by atoms with Crippen molar-refractivity contribution in [1.29, 1.82) is 0 Å². The Hall–Kier alpha value is -3.45. The molecule has 5 rings (SSSR count). The van der Waals surface area contributed by atoms with Gasteiger partial charge in [-0.1, -0.05) is 29.8 Å². The molecule has 0 atom stereocenters. The van der Waals surface area contributed by atoms with E-state index in [0.29, 0.717) is 5.52 Å². The molecule has 0 bridgehead atoms. The minimum Gasteiger partial charge on any atom is -0.475 e. The average Bonchev–Trinajstić information content (AvgIpc) is 3.05. The molecular formula is C21H14ClFN4O2. The largest absolute Gasteiger partial charge is 0.475 e. The van der Waals surface area contributed by atoms with Crippen LogP contribution in [0.15, 0.2) is 61.1 Å². The molecule has 6 nitrogen and oxygen atoms in total. The topological polar surface area (TPSA) is 60.2 Å². The molecule has 4 aromatic rings. The van der Waals surface area contributed by atoms with Crippen molar-refractivity contribution < 1.29 is 13.9 Å². The fourth-order valence-electron chi connectivity index (χ4n) is 3.50. The second-order valence-corrected chi connectivity index (χ2v) is 6.89. The fourth-order valence-corrected chi connectivity index (χ4v) is 3.71. The first-order chi connectivity index (χ1) is 14.1. The zero-order valence-electron chi connectivity index (χ0n) is 15.0. The molecule has 1 aliphatic rings. The van der Waals surface area contributed by atoms with E-state index < -0.39 is 11.7 Å². The minimum absolute atomic E-state index is 0.0244. The van der Waals surface area contributed by atoms with Gasteiger partial charge in [0, 0.05) is 23.3 Å². The second-order valence-electron chi connectivity index (χ2n) is 6.53. The van der Waals surface area contributed by atoms with Crippen LogP contribution in [-0.2, 0) is 0 Å². The van der Waals surface area contributed by atoms with Gasteiger partial charge < -0.3 is 14.2 Å². The van der Waals surface area contributed by atoms with Crippen molar-refractivity contribution >= 4 is 34.1 Å². The molecule has 0 saturated carbocycles. The third kappa shape index (κ3) is 2.91. The smallest absolute Gasteiger partial charge is 0.267 e. The van der Waals surface area contributed by atoms with E-state index in [1.807, 2.05) is 47.2 Å². The van der Waals surface area contributed by atoms with Crippen LogP contribution in [0, 0.1) is 5.82 Å². The molecule has 0 aliphatic carbocycles. The molecule has 1 aliphatic heterocycles. The number of benzene rings is 2. The Morgan fingerprint density at radius 1 is 1.10 bits per heavy atom. The molecule has 1 amide bonds. The molecule has 3 heterocycles. The van der Waals surface area contributed by atoms with Crippen LogP contribution in [0.25, 0.3) is 16.6 Å². The van der Waals surface area contributed by atoms with E-state index >= 15 is 4.39 Å². The van der Waals surface area contributed by atoms with E-state index in [1.54, 1.807) is 6.07 Å². The Bertz CT molecular complexity index is 1240. The molecule has 8 heteroatoms. The van der Waals surface area contributed by atoms with Crippen LogP contribution >= 0.6 is 11.6 Å². The van der Waals surface area contributed by atoms with Gasteiger partial charge in [-0.15, -0.1) is 0 Å². The van der Waals surface area contributed by atoms with Crippen LogP contribution in [0.5, 0.6) is 5.88 Å². The molecule has 0 fully saturated rings. The third-order valence-corrected chi connectivity index (χ3v) is 5.15. The van der Waals surface area contributed by atoms with E-state index in [2.05, 4.69) is 9.97 Å². The lowest BCUT2D eigenvalue weighted by Crippen LogP contribution is -2.33. The molecule has 2 aromatic carbocycles. The van der Waals surface area contributed by atoms with Crippen molar-refractivity contribution in [3.63, 3.8) is 0 Å². The van der Waals surface area contributed by atoms with Gasteiger partial charge in [-0.2, -0.15) is 0 Å². The van der Waals surface area contributed by atoms with Crippen LogP contribution in [0.3, 0.4) is 0 Å². The van der Waals surface area contributed by atoms with Gasteiger partial charge in [0.15, 0.2) is 0 Å². The second kappa shape index (κ2) is 6.86. The maximum absolute atomic E-state index is 15.1. The summed E-state index contributed by atoms with van der Waals surface area (Å²) >= 11 is 6.09. The van der Waals surface area contributed by atoms with Gasteiger partial charge in [0.25, 0.3) is 5.91 Å². The summed E-state index contributed by atoms with van der Waals surface area (Å²) in [6.45, 7) is 0.321. The molecule has 29 heavy (non-hydrogen) atoms. The number of amides is 1. The molecular weight excluding hydrogens is 395 g/mol. The van der Waals surface area contributed by atoms with Crippen LogP contribution in [0.2, 0.25) is 5.15 Å². The summed E-state index contributed by atoms with van der Waals surface area (Å²) in [7, 11) is 0. The number of nitrogens with zero attached hydrogens (tertiary/aromatic N) is 4. The van der Waals surface area contributed by atoms with Gasteiger partial charge in [0.1, 0.15) is 29.5 Å². The zero-order chi connectivity index (χ0) is 20.0. The van der Waals surface area contributed by atoms with Gasteiger partial charge in [0.05, 0.1) is 17.7 Å². The van der Waals surface area contributed by atoms with Crippen molar-refractivity contribution in [2.24, 2.45) is 0 Å².